The summed E-state index contributed by atoms with van der Waals surface area (Å²) in [5, 5.41) is 14.4. The number of nitrogens with zero attached hydrogens (tertiary/aromatic N) is 4. The Morgan fingerprint density at radius 1 is 0.929 bits per heavy atom. The van der Waals surface area contributed by atoms with Gasteiger partial charge in [-0.3, -0.25) is 14.2 Å². The molecule has 4 aromatic rings. The van der Waals surface area contributed by atoms with Crippen molar-refractivity contribution in [2.45, 2.75) is 16.6 Å². The standard InChI is InChI=1S/C28H27FN6O5S2/c29-21-8-10-22(11-9-21)31-26(36)19-41-28-33-32-25(35(28)23-4-2-1-3-5-23)18-30-27(37)20-6-12-24(13-7-20)42(38,39)34-14-16-40-17-15-34/h1-13H,14-19H2,(H,30,37)(H,31,36). The molecule has 2 heterocycles. The summed E-state index contributed by atoms with van der Waals surface area (Å²) in [6.45, 7) is 1.28. The van der Waals surface area contributed by atoms with Gasteiger partial charge in [0.15, 0.2) is 11.0 Å². The molecule has 1 aromatic heterocycles. The fourth-order valence-corrected chi connectivity index (χ4v) is 6.36. The van der Waals surface area contributed by atoms with E-state index in [0.29, 0.717) is 29.9 Å². The van der Waals surface area contributed by atoms with Crippen LogP contribution in [0.25, 0.3) is 5.69 Å². The summed E-state index contributed by atoms with van der Waals surface area (Å²) in [6.07, 6.45) is 0. The van der Waals surface area contributed by atoms with E-state index in [2.05, 4.69) is 20.8 Å². The lowest BCUT2D eigenvalue weighted by Gasteiger charge is -2.26. The summed E-state index contributed by atoms with van der Waals surface area (Å²) in [7, 11) is -3.67. The van der Waals surface area contributed by atoms with Crippen molar-refractivity contribution in [3.8, 4) is 5.69 Å². The maximum Gasteiger partial charge on any atom is 0.251 e. The van der Waals surface area contributed by atoms with E-state index in [0.717, 1.165) is 17.4 Å². The second-order valence-electron chi connectivity index (χ2n) is 9.14. The number of hydrogen-bond donors (Lipinski definition) is 2. The Hall–Kier alpha value is -4.11. The van der Waals surface area contributed by atoms with Crippen LogP contribution < -0.4 is 10.6 Å². The van der Waals surface area contributed by atoms with Crippen molar-refractivity contribution in [3.63, 3.8) is 0 Å². The third kappa shape index (κ3) is 7.02. The molecule has 0 unspecified atom stereocenters. The number of nitrogens with one attached hydrogen (secondary N) is 2. The van der Waals surface area contributed by atoms with Crippen LogP contribution >= 0.6 is 11.8 Å². The van der Waals surface area contributed by atoms with E-state index in [1.165, 1.54) is 52.8 Å². The third-order valence-electron chi connectivity index (χ3n) is 6.31. The summed E-state index contributed by atoms with van der Waals surface area (Å²) in [6, 6.07) is 20.5. The van der Waals surface area contributed by atoms with Gasteiger partial charge in [0.25, 0.3) is 5.91 Å². The number of aromatic nitrogens is 3. The Kier molecular flexibility index (Phi) is 9.27. The number of para-hydroxylation sites is 1. The predicted molar refractivity (Wildman–Crippen MR) is 154 cm³/mol. The van der Waals surface area contributed by atoms with Gasteiger partial charge in [0.1, 0.15) is 5.82 Å². The number of amides is 2. The van der Waals surface area contributed by atoms with Crippen LogP contribution in [0, 0.1) is 5.82 Å². The van der Waals surface area contributed by atoms with Crippen LogP contribution in [0.5, 0.6) is 0 Å². The number of ether oxygens (including phenoxy) is 1. The molecule has 5 rings (SSSR count). The van der Waals surface area contributed by atoms with Gasteiger partial charge in [-0.1, -0.05) is 30.0 Å². The Morgan fingerprint density at radius 3 is 2.31 bits per heavy atom. The van der Waals surface area contributed by atoms with Crippen LogP contribution in [-0.4, -0.2) is 71.4 Å². The highest BCUT2D eigenvalue weighted by Crippen LogP contribution is 2.23. The van der Waals surface area contributed by atoms with E-state index in [9.17, 15) is 22.4 Å². The van der Waals surface area contributed by atoms with E-state index in [-0.39, 0.29) is 41.8 Å². The maximum absolute atomic E-state index is 13.1. The molecule has 0 aliphatic carbocycles. The van der Waals surface area contributed by atoms with Gasteiger partial charge >= 0.3 is 0 Å². The van der Waals surface area contributed by atoms with Gasteiger partial charge in [0, 0.05) is 30.0 Å². The van der Waals surface area contributed by atoms with Crippen molar-refractivity contribution in [2.75, 3.05) is 37.4 Å². The predicted octanol–water partition coefficient (Wildman–Crippen LogP) is 3.09. The largest absolute Gasteiger partial charge is 0.379 e. The summed E-state index contributed by atoms with van der Waals surface area (Å²) >= 11 is 1.16. The number of morpholine rings is 1. The number of carbonyl (C=O) groups is 2. The lowest BCUT2D eigenvalue weighted by molar-refractivity contribution is -0.113. The lowest BCUT2D eigenvalue weighted by Crippen LogP contribution is -2.40. The van der Waals surface area contributed by atoms with Crippen molar-refractivity contribution in [1.29, 1.82) is 0 Å². The Bertz CT molecular complexity index is 1640. The normalized spacial score (nSPS) is 13.9. The maximum atomic E-state index is 13.1. The zero-order chi connectivity index (χ0) is 29.5. The number of rotatable bonds is 10. The number of halogens is 1. The molecule has 0 atom stereocenters. The summed E-state index contributed by atoms with van der Waals surface area (Å²) < 4.78 is 47.2. The summed E-state index contributed by atoms with van der Waals surface area (Å²) in [5.74, 6) is -0.660. The molecule has 0 saturated carbocycles. The number of carbonyl (C=O) groups excluding carboxylic acids is 2. The smallest absolute Gasteiger partial charge is 0.251 e. The highest BCUT2D eigenvalue weighted by Gasteiger charge is 2.26. The Balaban J connectivity index is 1.25. The minimum absolute atomic E-state index is 0.0222. The molecule has 14 heteroatoms. The molecule has 0 radical (unpaired) electrons. The number of sulfonamides is 1. The van der Waals surface area contributed by atoms with E-state index in [1.54, 1.807) is 4.57 Å². The molecule has 0 spiro atoms. The molecule has 1 fully saturated rings. The first-order chi connectivity index (χ1) is 20.3. The van der Waals surface area contributed by atoms with Gasteiger partial charge in [0.05, 0.1) is 30.4 Å². The van der Waals surface area contributed by atoms with Crippen molar-refractivity contribution in [2.24, 2.45) is 0 Å². The molecule has 3 aromatic carbocycles. The molecule has 2 amide bonds. The minimum Gasteiger partial charge on any atom is -0.379 e. The van der Waals surface area contributed by atoms with E-state index < -0.39 is 21.7 Å². The lowest BCUT2D eigenvalue weighted by atomic mass is 10.2. The quantitative estimate of drug-likeness (QED) is 0.262. The van der Waals surface area contributed by atoms with E-state index in [1.807, 2.05) is 30.3 Å². The van der Waals surface area contributed by atoms with Crippen molar-refractivity contribution >= 4 is 39.3 Å². The van der Waals surface area contributed by atoms with Crippen molar-refractivity contribution in [3.05, 3.63) is 96.1 Å². The third-order valence-corrected chi connectivity index (χ3v) is 9.15. The topological polar surface area (TPSA) is 136 Å². The van der Waals surface area contributed by atoms with Crippen LogP contribution in [0.3, 0.4) is 0 Å². The Morgan fingerprint density at radius 2 is 1.62 bits per heavy atom. The van der Waals surface area contributed by atoms with Crippen LogP contribution in [0.15, 0.2) is 88.9 Å². The van der Waals surface area contributed by atoms with Gasteiger partial charge in [-0.25, -0.2) is 12.8 Å². The monoisotopic (exact) mass is 610 g/mol. The SMILES string of the molecule is O=C(CSc1nnc(CNC(=O)c2ccc(S(=O)(=O)N3CCOCC3)cc2)n1-c1ccccc1)Nc1ccc(F)cc1. The van der Waals surface area contributed by atoms with Crippen LogP contribution in [0.1, 0.15) is 16.2 Å². The number of anilines is 1. The first kappa shape index (κ1) is 29.4. The summed E-state index contributed by atoms with van der Waals surface area (Å²) in [5.41, 5.74) is 1.50. The molecule has 0 bridgehead atoms. The van der Waals surface area contributed by atoms with E-state index >= 15 is 0 Å². The van der Waals surface area contributed by atoms with Crippen molar-refractivity contribution in [1.82, 2.24) is 24.4 Å². The van der Waals surface area contributed by atoms with Gasteiger partial charge in [0.2, 0.25) is 15.9 Å². The van der Waals surface area contributed by atoms with Crippen LogP contribution in [0.2, 0.25) is 0 Å². The van der Waals surface area contributed by atoms with E-state index in [4.69, 9.17) is 4.74 Å². The van der Waals surface area contributed by atoms with Crippen LogP contribution in [-0.2, 0) is 26.1 Å². The molecular formula is C28H27FN6O5S2. The zero-order valence-electron chi connectivity index (χ0n) is 22.3. The number of benzene rings is 3. The molecule has 2 N–H and O–H groups in total. The van der Waals surface area contributed by atoms with Gasteiger partial charge < -0.3 is 15.4 Å². The highest BCUT2D eigenvalue weighted by atomic mass is 32.2. The first-order valence-electron chi connectivity index (χ1n) is 13.0. The van der Waals surface area contributed by atoms with Gasteiger partial charge in [-0.05, 0) is 60.7 Å². The van der Waals surface area contributed by atoms with Gasteiger partial charge in [-0.15, -0.1) is 10.2 Å². The average Bonchev–Trinajstić information content (AvgIpc) is 3.43. The average molecular weight is 611 g/mol. The second-order valence-corrected chi connectivity index (χ2v) is 12.0. The molecule has 1 aliphatic heterocycles. The molecule has 42 heavy (non-hydrogen) atoms. The van der Waals surface area contributed by atoms with Crippen LogP contribution in [0.4, 0.5) is 10.1 Å². The molecule has 1 saturated heterocycles. The fourth-order valence-electron chi connectivity index (χ4n) is 4.18. The summed E-state index contributed by atoms with van der Waals surface area (Å²) in [4.78, 5) is 25.5. The first-order valence-corrected chi connectivity index (χ1v) is 15.4. The highest BCUT2D eigenvalue weighted by molar-refractivity contribution is 7.99. The molecule has 218 valence electrons. The van der Waals surface area contributed by atoms with Crippen molar-refractivity contribution < 1.29 is 27.1 Å². The van der Waals surface area contributed by atoms with Gasteiger partial charge in [-0.2, -0.15) is 4.31 Å². The molecular weight excluding hydrogens is 583 g/mol. The molecule has 1 aliphatic rings. The second kappa shape index (κ2) is 13.2. The number of thioether (sulfide) groups is 1. The number of hydrogen-bond acceptors (Lipinski definition) is 8. The minimum atomic E-state index is -3.67. The fraction of sp³-hybridized carbons (Fsp3) is 0.214. The Labute approximate surface area is 246 Å². The zero-order valence-corrected chi connectivity index (χ0v) is 23.9. The molecule has 11 nitrogen and oxygen atoms in total.